The fraction of sp³-hybridized carbons (Fsp3) is 0.500. The average Bonchev–Trinajstić information content (AvgIpc) is 2.31. The Labute approximate surface area is 112 Å². The summed E-state index contributed by atoms with van der Waals surface area (Å²) in [4.78, 5) is 2.09. The Morgan fingerprint density at radius 2 is 1.94 bits per heavy atom. The Kier molecular flexibility index (Phi) is 6.23. The van der Waals surface area contributed by atoms with E-state index in [9.17, 15) is 0 Å². The molecule has 1 aromatic rings. The van der Waals surface area contributed by atoms with E-state index in [1.54, 1.807) is 7.11 Å². The zero-order chi connectivity index (χ0) is 12.8. The van der Waals surface area contributed by atoms with Crippen molar-refractivity contribution < 1.29 is 4.74 Å². The molecule has 0 aliphatic carbocycles. The van der Waals surface area contributed by atoms with Gasteiger partial charge in [0.15, 0.2) is 0 Å². The molecule has 0 saturated carbocycles. The molecule has 3 nitrogen and oxygen atoms in total. The van der Waals surface area contributed by atoms with Gasteiger partial charge in [0.1, 0.15) is 0 Å². The van der Waals surface area contributed by atoms with Crippen molar-refractivity contribution in [1.29, 1.82) is 0 Å². The van der Waals surface area contributed by atoms with Crippen molar-refractivity contribution in [3.8, 4) is 0 Å². The number of rotatable bonds is 6. The maximum Gasteiger partial charge on any atom is 0.0589 e. The monoisotopic (exact) mass is 276 g/mol. The summed E-state index contributed by atoms with van der Waals surface area (Å²) >= 11 is 12.4. The number of nitrogens with zero attached hydrogens (tertiary/aromatic N) is 1. The Morgan fingerprint density at radius 1 is 1.35 bits per heavy atom. The predicted molar refractivity (Wildman–Crippen MR) is 72.8 cm³/mol. The van der Waals surface area contributed by atoms with Gasteiger partial charge in [-0.2, -0.15) is 0 Å². The third kappa shape index (κ3) is 3.83. The van der Waals surface area contributed by atoms with Crippen LogP contribution in [0.1, 0.15) is 11.6 Å². The Hall–Kier alpha value is -0.320. The van der Waals surface area contributed by atoms with E-state index in [1.807, 2.05) is 25.2 Å². The zero-order valence-corrected chi connectivity index (χ0v) is 11.6. The lowest BCUT2D eigenvalue weighted by molar-refractivity contribution is 0.140. The van der Waals surface area contributed by atoms with Crippen LogP contribution in [0.15, 0.2) is 18.2 Å². The Bertz CT molecular complexity index is 340. The highest BCUT2D eigenvalue weighted by Crippen LogP contribution is 2.32. The first-order chi connectivity index (χ1) is 8.11. The van der Waals surface area contributed by atoms with Crippen LogP contribution in [-0.2, 0) is 4.74 Å². The second kappa shape index (κ2) is 7.19. The van der Waals surface area contributed by atoms with E-state index in [-0.39, 0.29) is 6.04 Å². The summed E-state index contributed by atoms with van der Waals surface area (Å²) in [6.45, 7) is 1.89. The van der Waals surface area contributed by atoms with Crippen LogP contribution >= 0.6 is 23.2 Å². The van der Waals surface area contributed by atoms with Gasteiger partial charge in [-0.3, -0.25) is 4.90 Å². The molecule has 5 heteroatoms. The third-order valence-corrected chi connectivity index (χ3v) is 3.40. The summed E-state index contributed by atoms with van der Waals surface area (Å²) in [6.07, 6.45) is 0. The number of halogens is 2. The van der Waals surface area contributed by atoms with Gasteiger partial charge in [-0.15, -0.1) is 0 Å². The van der Waals surface area contributed by atoms with E-state index in [1.165, 1.54) is 0 Å². The quantitative estimate of drug-likeness (QED) is 0.868. The molecule has 0 radical (unpaired) electrons. The smallest absolute Gasteiger partial charge is 0.0589 e. The molecule has 0 saturated heterocycles. The van der Waals surface area contributed by atoms with Crippen LogP contribution in [-0.4, -0.2) is 38.8 Å². The van der Waals surface area contributed by atoms with Gasteiger partial charge in [-0.25, -0.2) is 0 Å². The summed E-state index contributed by atoms with van der Waals surface area (Å²) in [7, 11) is 3.66. The molecule has 0 heterocycles. The first kappa shape index (κ1) is 14.7. The van der Waals surface area contributed by atoms with Crippen LogP contribution in [0.4, 0.5) is 0 Å². The molecular weight excluding hydrogens is 259 g/mol. The average molecular weight is 277 g/mol. The topological polar surface area (TPSA) is 38.5 Å². The first-order valence-corrected chi connectivity index (χ1v) is 6.20. The van der Waals surface area contributed by atoms with Gasteiger partial charge in [-0.05, 0) is 19.2 Å². The molecule has 1 aromatic carbocycles. The molecule has 96 valence electrons. The number of nitrogens with two attached hydrogens (primary N) is 1. The summed E-state index contributed by atoms with van der Waals surface area (Å²) in [5.41, 5.74) is 6.70. The van der Waals surface area contributed by atoms with E-state index in [2.05, 4.69) is 4.90 Å². The number of hydrogen-bond acceptors (Lipinski definition) is 3. The number of likely N-dealkylation sites (N-methyl/N-ethyl adjacent to an activating group) is 1. The maximum absolute atomic E-state index is 6.18. The minimum Gasteiger partial charge on any atom is -0.383 e. The maximum atomic E-state index is 6.18. The summed E-state index contributed by atoms with van der Waals surface area (Å²) < 4.78 is 5.06. The van der Waals surface area contributed by atoms with Crippen molar-refractivity contribution >= 4 is 23.2 Å². The summed E-state index contributed by atoms with van der Waals surface area (Å²) in [6, 6.07) is 5.49. The molecule has 0 aliphatic rings. The van der Waals surface area contributed by atoms with Crippen molar-refractivity contribution in [1.82, 2.24) is 4.90 Å². The number of benzene rings is 1. The van der Waals surface area contributed by atoms with Gasteiger partial charge in [-0.1, -0.05) is 29.3 Å². The van der Waals surface area contributed by atoms with Gasteiger partial charge in [0.25, 0.3) is 0 Å². The Balaban J connectivity index is 2.93. The zero-order valence-electron chi connectivity index (χ0n) is 10.1. The van der Waals surface area contributed by atoms with E-state index in [0.29, 0.717) is 23.2 Å². The molecule has 1 unspecified atom stereocenters. The molecule has 0 aromatic heterocycles. The van der Waals surface area contributed by atoms with Crippen molar-refractivity contribution in [2.75, 3.05) is 33.9 Å². The number of hydrogen-bond donors (Lipinski definition) is 1. The largest absolute Gasteiger partial charge is 0.383 e. The molecule has 0 fully saturated rings. The molecular formula is C12H18Cl2N2O. The lowest BCUT2D eigenvalue weighted by atomic mass is 10.1. The minimum absolute atomic E-state index is 0.00588. The second-order valence-corrected chi connectivity index (χ2v) is 4.67. The van der Waals surface area contributed by atoms with Crippen LogP contribution in [0.25, 0.3) is 0 Å². The number of ether oxygens (including phenoxy) is 1. The van der Waals surface area contributed by atoms with Crippen LogP contribution in [0.5, 0.6) is 0 Å². The highest BCUT2D eigenvalue weighted by atomic mass is 35.5. The van der Waals surface area contributed by atoms with Crippen molar-refractivity contribution in [3.05, 3.63) is 33.8 Å². The van der Waals surface area contributed by atoms with Gasteiger partial charge < -0.3 is 10.5 Å². The molecule has 0 bridgehead atoms. The molecule has 0 spiro atoms. The second-order valence-electron chi connectivity index (χ2n) is 3.86. The fourth-order valence-corrected chi connectivity index (χ4v) is 2.39. The molecule has 17 heavy (non-hydrogen) atoms. The van der Waals surface area contributed by atoms with Gasteiger partial charge >= 0.3 is 0 Å². The summed E-state index contributed by atoms with van der Waals surface area (Å²) in [5.74, 6) is 0. The lowest BCUT2D eigenvalue weighted by Gasteiger charge is -2.28. The SMILES string of the molecule is COCCN(C)C(CN)c1c(Cl)cccc1Cl. The first-order valence-electron chi connectivity index (χ1n) is 5.45. The summed E-state index contributed by atoms with van der Waals surface area (Å²) in [5, 5.41) is 1.30. The fourth-order valence-electron chi connectivity index (χ4n) is 1.74. The van der Waals surface area contributed by atoms with E-state index in [0.717, 1.165) is 12.1 Å². The molecule has 0 aliphatic heterocycles. The molecule has 1 rings (SSSR count). The van der Waals surface area contributed by atoms with Crippen molar-refractivity contribution in [3.63, 3.8) is 0 Å². The van der Waals surface area contributed by atoms with E-state index in [4.69, 9.17) is 33.7 Å². The van der Waals surface area contributed by atoms with E-state index < -0.39 is 0 Å². The predicted octanol–water partition coefficient (Wildman–Crippen LogP) is 2.57. The van der Waals surface area contributed by atoms with Crippen LogP contribution < -0.4 is 5.73 Å². The van der Waals surface area contributed by atoms with Gasteiger partial charge in [0.05, 0.1) is 6.61 Å². The van der Waals surface area contributed by atoms with Gasteiger partial charge in [0.2, 0.25) is 0 Å². The highest BCUT2D eigenvalue weighted by Gasteiger charge is 2.20. The van der Waals surface area contributed by atoms with Crippen LogP contribution in [0, 0.1) is 0 Å². The van der Waals surface area contributed by atoms with Crippen LogP contribution in [0.2, 0.25) is 10.0 Å². The number of methoxy groups -OCH3 is 1. The highest BCUT2D eigenvalue weighted by molar-refractivity contribution is 6.36. The van der Waals surface area contributed by atoms with Crippen molar-refractivity contribution in [2.24, 2.45) is 5.73 Å². The third-order valence-electron chi connectivity index (χ3n) is 2.74. The van der Waals surface area contributed by atoms with Crippen molar-refractivity contribution in [2.45, 2.75) is 6.04 Å². The Morgan fingerprint density at radius 3 is 2.41 bits per heavy atom. The normalized spacial score (nSPS) is 13.1. The standard InChI is InChI=1S/C12H18Cl2N2O/c1-16(6-7-17-2)11(8-15)12-9(13)4-3-5-10(12)14/h3-5,11H,6-8,15H2,1-2H3. The molecule has 2 N–H and O–H groups in total. The van der Waals surface area contributed by atoms with E-state index >= 15 is 0 Å². The minimum atomic E-state index is 0.00588. The van der Waals surface area contributed by atoms with Gasteiger partial charge in [0, 0.05) is 41.8 Å². The molecule has 1 atom stereocenters. The molecule has 0 amide bonds. The van der Waals surface area contributed by atoms with Crippen LogP contribution in [0.3, 0.4) is 0 Å². The lowest BCUT2D eigenvalue weighted by Crippen LogP contribution is -2.33.